The Kier molecular flexibility index (Phi) is 4.01. The SMILES string of the molecule is Fc1nc(-c2ccc(-c3ccc(I)s3)s2)c2nsnc2c1Br. The molecule has 0 atom stereocenters. The van der Waals surface area contributed by atoms with Gasteiger partial charge in [0.2, 0.25) is 5.95 Å². The van der Waals surface area contributed by atoms with Gasteiger partial charge in [0, 0.05) is 9.75 Å². The van der Waals surface area contributed by atoms with E-state index in [1.165, 1.54) is 7.76 Å². The van der Waals surface area contributed by atoms with Gasteiger partial charge in [-0.25, -0.2) is 4.98 Å². The van der Waals surface area contributed by atoms with Gasteiger partial charge in [-0.1, -0.05) is 0 Å². The van der Waals surface area contributed by atoms with E-state index in [0.29, 0.717) is 16.7 Å². The van der Waals surface area contributed by atoms with Crippen LogP contribution >= 0.6 is 72.9 Å². The van der Waals surface area contributed by atoms with Crippen LogP contribution in [-0.2, 0) is 0 Å². The Morgan fingerprint density at radius 3 is 2.41 bits per heavy atom. The lowest BCUT2D eigenvalue weighted by molar-refractivity contribution is 0.581. The normalized spacial score (nSPS) is 11.4. The summed E-state index contributed by atoms with van der Waals surface area (Å²) in [5, 5.41) is 0. The molecule has 4 rings (SSSR count). The Bertz CT molecular complexity index is 994. The Hall–Kier alpha value is -0.490. The first-order chi connectivity index (χ1) is 10.6. The fraction of sp³-hybridized carbons (Fsp3) is 0. The number of hydrogen-bond donors (Lipinski definition) is 0. The average molecular weight is 524 g/mol. The molecule has 3 nitrogen and oxygen atoms in total. The van der Waals surface area contributed by atoms with Crippen LogP contribution in [0, 0.1) is 8.83 Å². The van der Waals surface area contributed by atoms with Crippen LogP contribution in [0.25, 0.3) is 31.4 Å². The molecule has 0 spiro atoms. The summed E-state index contributed by atoms with van der Waals surface area (Å²) in [7, 11) is 0. The van der Waals surface area contributed by atoms with Crippen LogP contribution in [0.5, 0.6) is 0 Å². The minimum atomic E-state index is -0.559. The van der Waals surface area contributed by atoms with Crippen molar-refractivity contribution in [2.75, 3.05) is 0 Å². The molecule has 0 saturated carbocycles. The van der Waals surface area contributed by atoms with Gasteiger partial charge in [-0.2, -0.15) is 13.1 Å². The first-order valence-corrected chi connectivity index (χ1v) is 10.2. The van der Waals surface area contributed by atoms with Crippen molar-refractivity contribution in [2.45, 2.75) is 0 Å². The van der Waals surface area contributed by atoms with Crippen molar-refractivity contribution >= 4 is 84.0 Å². The zero-order valence-electron chi connectivity index (χ0n) is 10.5. The van der Waals surface area contributed by atoms with Gasteiger partial charge in [-0.15, -0.1) is 22.7 Å². The smallest absolute Gasteiger partial charge is 0.215 e. The van der Waals surface area contributed by atoms with Gasteiger partial charge in [0.05, 0.1) is 19.5 Å². The van der Waals surface area contributed by atoms with Gasteiger partial charge in [0.1, 0.15) is 21.2 Å². The van der Waals surface area contributed by atoms with E-state index in [1.807, 2.05) is 12.1 Å². The van der Waals surface area contributed by atoms with E-state index in [0.717, 1.165) is 21.5 Å². The minimum Gasteiger partial charge on any atom is -0.215 e. The fourth-order valence-corrected chi connectivity index (χ4v) is 5.75. The average Bonchev–Trinajstić information content (AvgIpc) is 3.22. The molecule has 4 heterocycles. The summed E-state index contributed by atoms with van der Waals surface area (Å²) >= 11 is 9.86. The van der Waals surface area contributed by atoms with E-state index in [9.17, 15) is 4.39 Å². The molecule has 0 N–H and O–H groups in total. The lowest BCUT2D eigenvalue weighted by Crippen LogP contribution is -1.91. The number of nitrogens with zero attached hydrogens (tertiary/aromatic N) is 3. The summed E-state index contributed by atoms with van der Waals surface area (Å²) in [6.07, 6.45) is 0. The molecule has 0 aliphatic rings. The molecule has 0 amide bonds. The number of aromatic nitrogens is 3. The number of pyridine rings is 1. The topological polar surface area (TPSA) is 38.7 Å². The monoisotopic (exact) mass is 523 g/mol. The highest BCUT2D eigenvalue weighted by atomic mass is 127. The van der Waals surface area contributed by atoms with Gasteiger partial charge in [-0.05, 0) is 62.8 Å². The third-order valence-electron chi connectivity index (χ3n) is 2.97. The summed E-state index contributed by atoms with van der Waals surface area (Å²) in [5.74, 6) is -0.559. The van der Waals surface area contributed by atoms with Gasteiger partial charge >= 0.3 is 0 Å². The Balaban J connectivity index is 1.88. The maximum atomic E-state index is 14.0. The molecule has 0 aliphatic heterocycles. The molecular weight excluding hydrogens is 520 g/mol. The third-order valence-corrected chi connectivity index (χ3v) is 7.38. The summed E-state index contributed by atoms with van der Waals surface area (Å²) in [5.41, 5.74) is 1.70. The van der Waals surface area contributed by atoms with Crippen molar-refractivity contribution in [1.29, 1.82) is 0 Å². The number of fused-ring (bicyclic) bond motifs is 1. The lowest BCUT2D eigenvalue weighted by Gasteiger charge is -2.00. The van der Waals surface area contributed by atoms with Crippen molar-refractivity contribution in [2.24, 2.45) is 0 Å². The van der Waals surface area contributed by atoms with Gasteiger partial charge in [0.25, 0.3) is 0 Å². The van der Waals surface area contributed by atoms with E-state index < -0.39 is 5.95 Å². The zero-order valence-corrected chi connectivity index (χ0v) is 16.7. The quantitative estimate of drug-likeness (QED) is 0.237. The Morgan fingerprint density at radius 1 is 0.955 bits per heavy atom. The number of thiophene rings is 2. The van der Waals surface area contributed by atoms with E-state index in [-0.39, 0.29) is 4.47 Å². The van der Waals surface area contributed by atoms with E-state index in [4.69, 9.17) is 0 Å². The van der Waals surface area contributed by atoms with Crippen molar-refractivity contribution in [3.8, 4) is 20.3 Å². The molecular formula is C13H4BrFIN3S3. The van der Waals surface area contributed by atoms with Crippen LogP contribution in [0.2, 0.25) is 0 Å². The molecule has 0 fully saturated rings. The first-order valence-electron chi connectivity index (χ1n) is 5.96. The van der Waals surface area contributed by atoms with Crippen LogP contribution in [0.4, 0.5) is 4.39 Å². The molecule has 22 heavy (non-hydrogen) atoms. The van der Waals surface area contributed by atoms with Crippen LogP contribution in [0.1, 0.15) is 0 Å². The molecule has 0 aliphatic carbocycles. The molecule has 9 heteroatoms. The summed E-state index contributed by atoms with van der Waals surface area (Å²) in [4.78, 5) is 7.29. The zero-order chi connectivity index (χ0) is 15.3. The predicted octanol–water partition coefficient (Wildman–Crippen LogP) is 6.05. The van der Waals surface area contributed by atoms with Crippen molar-refractivity contribution in [3.63, 3.8) is 0 Å². The molecule has 0 radical (unpaired) electrons. The van der Waals surface area contributed by atoms with Crippen molar-refractivity contribution in [1.82, 2.24) is 13.7 Å². The van der Waals surface area contributed by atoms with Gasteiger partial charge in [0.15, 0.2) is 0 Å². The number of rotatable bonds is 2. The highest BCUT2D eigenvalue weighted by Crippen LogP contribution is 2.40. The Labute approximate surface area is 158 Å². The maximum Gasteiger partial charge on any atom is 0.230 e. The molecule has 0 bridgehead atoms. The standard InChI is InChI=1S/C13H4BrFIN3S3/c14-9-11-12(19-22-18-11)10(17-13(9)15)7-2-1-5(20-7)6-3-4-8(16)21-6/h1-4H. The summed E-state index contributed by atoms with van der Waals surface area (Å²) < 4.78 is 23.9. The highest BCUT2D eigenvalue weighted by molar-refractivity contribution is 14.1. The van der Waals surface area contributed by atoms with Gasteiger partial charge < -0.3 is 0 Å². The maximum absolute atomic E-state index is 14.0. The summed E-state index contributed by atoms with van der Waals surface area (Å²) in [6.45, 7) is 0. The number of hydrogen-bond acceptors (Lipinski definition) is 6. The van der Waals surface area contributed by atoms with Gasteiger partial charge in [-0.3, -0.25) is 0 Å². The van der Waals surface area contributed by atoms with E-state index in [2.05, 4.69) is 64.4 Å². The molecule has 110 valence electrons. The van der Waals surface area contributed by atoms with Crippen LogP contribution < -0.4 is 0 Å². The molecule has 0 saturated heterocycles. The summed E-state index contributed by atoms with van der Waals surface area (Å²) in [6, 6.07) is 8.17. The number of halogens is 3. The Morgan fingerprint density at radius 2 is 1.64 bits per heavy atom. The van der Waals surface area contributed by atoms with E-state index in [1.54, 1.807) is 22.7 Å². The highest BCUT2D eigenvalue weighted by Gasteiger charge is 2.18. The lowest BCUT2D eigenvalue weighted by atomic mass is 10.2. The van der Waals surface area contributed by atoms with Crippen LogP contribution in [0.15, 0.2) is 28.7 Å². The van der Waals surface area contributed by atoms with E-state index >= 15 is 0 Å². The molecule has 4 aromatic heterocycles. The second-order valence-corrected chi connectivity index (χ2v) is 9.68. The first kappa shape index (κ1) is 15.1. The fourth-order valence-electron chi connectivity index (χ4n) is 2.00. The molecule has 0 aromatic carbocycles. The van der Waals surface area contributed by atoms with Crippen LogP contribution in [-0.4, -0.2) is 13.7 Å². The molecule has 4 aromatic rings. The van der Waals surface area contributed by atoms with Crippen LogP contribution in [0.3, 0.4) is 0 Å². The van der Waals surface area contributed by atoms with Crippen molar-refractivity contribution in [3.05, 3.63) is 37.6 Å². The predicted molar refractivity (Wildman–Crippen MR) is 102 cm³/mol. The third kappa shape index (κ3) is 2.52. The molecule has 0 unspecified atom stereocenters. The minimum absolute atomic E-state index is 0.268. The second-order valence-electron chi connectivity index (χ2n) is 4.29. The largest absolute Gasteiger partial charge is 0.230 e. The van der Waals surface area contributed by atoms with Crippen molar-refractivity contribution < 1.29 is 4.39 Å². The second kappa shape index (κ2) is 5.86.